The number of ketones is 1. The predicted octanol–water partition coefficient (Wildman–Crippen LogP) is 6.04. The first-order chi connectivity index (χ1) is 14.7. The normalized spacial score (nSPS) is 13.6. The molecule has 1 fully saturated rings. The molecule has 1 aromatic heterocycles. The van der Waals surface area contributed by atoms with Crippen molar-refractivity contribution >= 4 is 27.8 Å². The minimum atomic E-state index is -0.105. The van der Waals surface area contributed by atoms with Crippen LogP contribution in [-0.2, 0) is 0 Å². The molecule has 2 N–H and O–H groups in total. The van der Waals surface area contributed by atoms with E-state index >= 15 is 0 Å². The number of rotatable bonds is 7. The van der Waals surface area contributed by atoms with Crippen LogP contribution < -0.4 is 15.4 Å². The fourth-order valence-electron chi connectivity index (χ4n) is 3.72. The molecule has 0 radical (unpaired) electrons. The lowest BCUT2D eigenvalue weighted by Gasteiger charge is -2.11. The monoisotopic (exact) mass is 417 g/mol. The average Bonchev–Trinajstić information content (AvgIpc) is 3.42. The minimum absolute atomic E-state index is 0.105. The molecule has 0 aliphatic heterocycles. The number of nitriles is 1. The summed E-state index contributed by atoms with van der Waals surface area (Å²) in [7, 11) is 1.75. The van der Waals surface area contributed by atoms with Gasteiger partial charge in [-0.15, -0.1) is 11.3 Å². The molecule has 0 spiro atoms. The first-order valence-electron chi connectivity index (χ1n) is 10.1. The number of nitrogens with one attached hydrogen (secondary N) is 2. The van der Waals surface area contributed by atoms with Crippen LogP contribution in [0, 0.1) is 11.3 Å². The molecule has 2 aromatic carbocycles. The molecule has 1 aliphatic carbocycles. The predicted molar refractivity (Wildman–Crippen MR) is 121 cm³/mol. The molecule has 0 atom stereocenters. The Morgan fingerprint density at radius 1 is 1.07 bits per heavy atom. The third kappa shape index (κ3) is 4.17. The summed E-state index contributed by atoms with van der Waals surface area (Å²) < 4.78 is 5.80. The van der Waals surface area contributed by atoms with Crippen molar-refractivity contribution in [2.24, 2.45) is 0 Å². The first-order valence-corrected chi connectivity index (χ1v) is 10.9. The number of benzene rings is 2. The van der Waals surface area contributed by atoms with E-state index in [0.29, 0.717) is 33.5 Å². The summed E-state index contributed by atoms with van der Waals surface area (Å²) in [5.74, 6) is 1.30. The van der Waals surface area contributed by atoms with Gasteiger partial charge in [-0.1, -0.05) is 31.0 Å². The highest BCUT2D eigenvalue weighted by Gasteiger charge is 2.25. The Morgan fingerprint density at radius 3 is 2.37 bits per heavy atom. The van der Waals surface area contributed by atoms with Crippen molar-refractivity contribution in [2.45, 2.75) is 31.7 Å². The summed E-state index contributed by atoms with van der Waals surface area (Å²) in [5, 5.41) is 17.0. The van der Waals surface area contributed by atoms with Gasteiger partial charge in [0.1, 0.15) is 33.0 Å². The van der Waals surface area contributed by atoms with Gasteiger partial charge in [-0.2, -0.15) is 5.26 Å². The Labute approximate surface area is 180 Å². The highest BCUT2D eigenvalue weighted by Crippen LogP contribution is 2.40. The van der Waals surface area contributed by atoms with Crippen LogP contribution in [0.15, 0.2) is 54.6 Å². The van der Waals surface area contributed by atoms with E-state index in [0.717, 1.165) is 23.6 Å². The molecule has 152 valence electrons. The number of carbonyl (C=O) groups excluding carboxylic acids is 1. The second kappa shape index (κ2) is 9.02. The molecule has 1 heterocycles. The van der Waals surface area contributed by atoms with E-state index in [1.807, 2.05) is 30.3 Å². The standard InChI is InChI=1S/C24H23N3O2S/c1-26-21-20(15-25)24(27-17-7-5-6-8-17)30-23(21)22(28)16-11-13-19(14-12-16)29-18-9-3-2-4-10-18/h2-4,9-14,17,26-27H,5-8H2,1H3. The van der Waals surface area contributed by atoms with Gasteiger partial charge in [0, 0.05) is 18.7 Å². The van der Waals surface area contributed by atoms with Gasteiger partial charge in [-0.3, -0.25) is 4.79 Å². The van der Waals surface area contributed by atoms with E-state index in [2.05, 4.69) is 16.7 Å². The molecule has 6 heteroatoms. The maximum Gasteiger partial charge on any atom is 0.205 e. The fourth-order valence-corrected chi connectivity index (χ4v) is 4.92. The summed E-state index contributed by atoms with van der Waals surface area (Å²) in [4.78, 5) is 13.8. The zero-order chi connectivity index (χ0) is 20.9. The molecule has 0 saturated heterocycles. The van der Waals surface area contributed by atoms with Crippen molar-refractivity contribution in [1.82, 2.24) is 0 Å². The van der Waals surface area contributed by atoms with Crippen LogP contribution in [0.3, 0.4) is 0 Å². The smallest absolute Gasteiger partial charge is 0.205 e. The van der Waals surface area contributed by atoms with Crippen LogP contribution in [0.1, 0.15) is 46.5 Å². The highest BCUT2D eigenvalue weighted by molar-refractivity contribution is 7.19. The minimum Gasteiger partial charge on any atom is -0.457 e. The van der Waals surface area contributed by atoms with Crippen LogP contribution in [0.5, 0.6) is 11.5 Å². The van der Waals surface area contributed by atoms with Crippen molar-refractivity contribution in [3.05, 3.63) is 70.6 Å². The van der Waals surface area contributed by atoms with E-state index in [4.69, 9.17) is 4.74 Å². The van der Waals surface area contributed by atoms with Gasteiger partial charge < -0.3 is 15.4 Å². The number of carbonyl (C=O) groups is 1. The molecular formula is C24H23N3O2S. The quantitative estimate of drug-likeness (QED) is 0.459. The van der Waals surface area contributed by atoms with Crippen LogP contribution >= 0.6 is 11.3 Å². The summed E-state index contributed by atoms with van der Waals surface area (Å²) in [6.07, 6.45) is 4.60. The van der Waals surface area contributed by atoms with Crippen molar-refractivity contribution in [3.8, 4) is 17.6 Å². The Balaban J connectivity index is 1.57. The van der Waals surface area contributed by atoms with Gasteiger partial charge in [0.2, 0.25) is 5.78 Å². The summed E-state index contributed by atoms with van der Waals surface area (Å²) >= 11 is 1.35. The topological polar surface area (TPSA) is 74.2 Å². The van der Waals surface area contributed by atoms with Gasteiger partial charge in [0.25, 0.3) is 0 Å². The third-order valence-corrected chi connectivity index (χ3v) is 6.38. The molecule has 1 saturated carbocycles. The van der Waals surface area contributed by atoms with E-state index in [-0.39, 0.29) is 5.78 Å². The lowest BCUT2D eigenvalue weighted by atomic mass is 10.1. The highest BCUT2D eigenvalue weighted by atomic mass is 32.1. The molecule has 1 aliphatic rings. The number of hydrogen-bond donors (Lipinski definition) is 2. The Morgan fingerprint density at radius 2 is 1.73 bits per heavy atom. The first kappa shape index (κ1) is 20.0. The molecule has 4 rings (SSSR count). The molecule has 0 unspecified atom stereocenters. The Hall–Kier alpha value is -3.30. The van der Waals surface area contributed by atoms with E-state index in [1.165, 1.54) is 24.2 Å². The summed E-state index contributed by atoms with van der Waals surface area (Å²) in [5.41, 5.74) is 1.67. The molecular weight excluding hydrogens is 394 g/mol. The lowest BCUT2D eigenvalue weighted by molar-refractivity contribution is 0.104. The number of thiophene rings is 1. The molecule has 5 nitrogen and oxygen atoms in total. The number of nitrogens with zero attached hydrogens (tertiary/aromatic N) is 1. The third-order valence-electron chi connectivity index (χ3n) is 5.26. The van der Waals surface area contributed by atoms with Crippen molar-refractivity contribution in [2.75, 3.05) is 17.7 Å². The average molecular weight is 418 g/mol. The number of para-hydroxylation sites is 1. The van der Waals surface area contributed by atoms with Crippen molar-refractivity contribution in [1.29, 1.82) is 5.26 Å². The molecule has 30 heavy (non-hydrogen) atoms. The zero-order valence-electron chi connectivity index (χ0n) is 16.8. The van der Waals surface area contributed by atoms with Gasteiger partial charge in [-0.25, -0.2) is 0 Å². The zero-order valence-corrected chi connectivity index (χ0v) is 17.6. The molecule has 0 amide bonds. The van der Waals surface area contributed by atoms with Gasteiger partial charge in [0.15, 0.2) is 0 Å². The van der Waals surface area contributed by atoms with Crippen molar-refractivity contribution < 1.29 is 9.53 Å². The van der Waals surface area contributed by atoms with E-state index in [1.54, 1.807) is 31.3 Å². The van der Waals surface area contributed by atoms with Gasteiger partial charge in [-0.05, 0) is 49.2 Å². The summed E-state index contributed by atoms with van der Waals surface area (Å²) in [6, 6.07) is 19.2. The lowest BCUT2D eigenvalue weighted by Crippen LogP contribution is -2.14. The Bertz CT molecular complexity index is 1060. The van der Waals surface area contributed by atoms with E-state index < -0.39 is 0 Å². The van der Waals surface area contributed by atoms with Crippen LogP contribution in [-0.4, -0.2) is 18.9 Å². The van der Waals surface area contributed by atoms with E-state index in [9.17, 15) is 10.1 Å². The number of hydrogen-bond acceptors (Lipinski definition) is 6. The summed E-state index contributed by atoms with van der Waals surface area (Å²) in [6.45, 7) is 0. The second-order valence-corrected chi connectivity index (χ2v) is 8.29. The SMILES string of the molecule is CNc1c(C(=O)c2ccc(Oc3ccccc3)cc2)sc(NC2CCCC2)c1C#N. The maximum absolute atomic E-state index is 13.2. The van der Waals surface area contributed by atoms with Crippen LogP contribution in [0.4, 0.5) is 10.7 Å². The number of anilines is 2. The molecule has 0 bridgehead atoms. The van der Waals surface area contributed by atoms with Gasteiger partial charge >= 0.3 is 0 Å². The van der Waals surface area contributed by atoms with Crippen molar-refractivity contribution in [3.63, 3.8) is 0 Å². The van der Waals surface area contributed by atoms with Gasteiger partial charge in [0.05, 0.1) is 5.69 Å². The van der Waals surface area contributed by atoms with Crippen LogP contribution in [0.2, 0.25) is 0 Å². The maximum atomic E-state index is 13.2. The number of ether oxygens (including phenoxy) is 1. The molecule has 3 aromatic rings. The van der Waals surface area contributed by atoms with Crippen LogP contribution in [0.25, 0.3) is 0 Å². The largest absolute Gasteiger partial charge is 0.457 e. The Kier molecular flexibility index (Phi) is 6.01. The second-order valence-electron chi connectivity index (χ2n) is 7.27. The fraction of sp³-hybridized carbons (Fsp3) is 0.250.